The zero-order valence-electron chi connectivity index (χ0n) is 10.2. The van der Waals surface area contributed by atoms with Gasteiger partial charge in [-0.1, -0.05) is 35.0 Å². The standard InChI is InChI=1S/C12H14Cl2N2OS/c1-7(2)17-11-6-10(8(13)5-9(11)14)16-12-15-3-4-18-12/h5-7H,3-4H2,1-2H3,(H,15,16). The number of nitrogens with one attached hydrogen (secondary N) is 1. The molecule has 1 aromatic rings. The Balaban J connectivity index is 2.23. The van der Waals surface area contributed by atoms with E-state index in [0.717, 1.165) is 23.2 Å². The number of benzene rings is 1. The Labute approximate surface area is 121 Å². The predicted octanol–water partition coefficient (Wildman–Crippen LogP) is 4.30. The zero-order valence-corrected chi connectivity index (χ0v) is 12.5. The molecule has 0 saturated heterocycles. The molecule has 1 heterocycles. The van der Waals surface area contributed by atoms with Gasteiger partial charge in [-0.05, 0) is 19.9 Å². The zero-order chi connectivity index (χ0) is 13.1. The fourth-order valence-corrected chi connectivity index (χ4v) is 2.71. The summed E-state index contributed by atoms with van der Waals surface area (Å²) in [6, 6.07) is 3.50. The van der Waals surface area contributed by atoms with Gasteiger partial charge in [-0.25, -0.2) is 0 Å². The van der Waals surface area contributed by atoms with Gasteiger partial charge in [-0.2, -0.15) is 0 Å². The van der Waals surface area contributed by atoms with Crippen molar-refractivity contribution in [2.75, 3.05) is 17.6 Å². The average molecular weight is 305 g/mol. The number of aliphatic imine (C=N–C) groups is 1. The number of nitrogens with zero attached hydrogens (tertiary/aromatic N) is 1. The second-order valence-electron chi connectivity index (χ2n) is 4.09. The molecule has 0 unspecified atom stereocenters. The maximum atomic E-state index is 6.15. The Hall–Kier alpha value is -0.580. The normalized spacial score (nSPS) is 14.8. The number of anilines is 1. The van der Waals surface area contributed by atoms with Gasteiger partial charge >= 0.3 is 0 Å². The van der Waals surface area contributed by atoms with Gasteiger partial charge in [-0.15, -0.1) is 0 Å². The molecule has 0 radical (unpaired) electrons. The maximum absolute atomic E-state index is 6.15. The Morgan fingerprint density at radius 2 is 2.11 bits per heavy atom. The van der Waals surface area contributed by atoms with Crippen molar-refractivity contribution in [3.63, 3.8) is 0 Å². The van der Waals surface area contributed by atoms with Gasteiger partial charge in [0.1, 0.15) is 5.75 Å². The molecular formula is C12H14Cl2N2OS. The first-order valence-corrected chi connectivity index (χ1v) is 7.40. The largest absolute Gasteiger partial charge is 0.489 e. The quantitative estimate of drug-likeness (QED) is 0.904. The van der Waals surface area contributed by atoms with E-state index in [2.05, 4.69) is 10.3 Å². The van der Waals surface area contributed by atoms with Crippen LogP contribution in [0, 0.1) is 0 Å². The maximum Gasteiger partial charge on any atom is 0.161 e. The van der Waals surface area contributed by atoms with E-state index in [1.54, 1.807) is 17.8 Å². The molecule has 0 saturated carbocycles. The van der Waals surface area contributed by atoms with Crippen LogP contribution < -0.4 is 10.1 Å². The summed E-state index contributed by atoms with van der Waals surface area (Å²) in [4.78, 5) is 4.32. The van der Waals surface area contributed by atoms with Crippen molar-refractivity contribution in [2.45, 2.75) is 20.0 Å². The predicted molar refractivity (Wildman–Crippen MR) is 80.6 cm³/mol. The van der Waals surface area contributed by atoms with Crippen LogP contribution in [0.4, 0.5) is 5.69 Å². The summed E-state index contributed by atoms with van der Waals surface area (Å²) in [5.74, 6) is 1.63. The Kier molecular flexibility index (Phi) is 4.65. The van der Waals surface area contributed by atoms with Gasteiger partial charge in [0.05, 0.1) is 28.4 Å². The first-order valence-electron chi connectivity index (χ1n) is 5.66. The van der Waals surface area contributed by atoms with Crippen molar-refractivity contribution in [1.82, 2.24) is 0 Å². The van der Waals surface area contributed by atoms with Crippen molar-refractivity contribution < 1.29 is 4.74 Å². The van der Waals surface area contributed by atoms with E-state index in [1.807, 2.05) is 19.9 Å². The highest BCUT2D eigenvalue weighted by Gasteiger charge is 2.13. The van der Waals surface area contributed by atoms with Crippen LogP contribution in [-0.4, -0.2) is 23.6 Å². The summed E-state index contributed by atoms with van der Waals surface area (Å²) in [5, 5.41) is 5.15. The third kappa shape index (κ3) is 3.46. The van der Waals surface area contributed by atoms with Gasteiger partial charge in [0.2, 0.25) is 0 Å². The third-order valence-corrected chi connectivity index (χ3v) is 3.71. The number of thioether (sulfide) groups is 1. The van der Waals surface area contributed by atoms with Crippen LogP contribution in [0.15, 0.2) is 17.1 Å². The molecule has 18 heavy (non-hydrogen) atoms. The highest BCUT2D eigenvalue weighted by Crippen LogP contribution is 2.35. The molecule has 0 fully saturated rings. The fourth-order valence-electron chi connectivity index (χ4n) is 1.50. The minimum absolute atomic E-state index is 0.0646. The SMILES string of the molecule is CC(C)Oc1cc(NC2=NCCS2)c(Cl)cc1Cl. The summed E-state index contributed by atoms with van der Waals surface area (Å²) in [6.45, 7) is 4.75. The van der Waals surface area contributed by atoms with E-state index in [9.17, 15) is 0 Å². The lowest BCUT2D eigenvalue weighted by atomic mass is 10.3. The van der Waals surface area contributed by atoms with Gasteiger partial charge in [0.15, 0.2) is 5.17 Å². The van der Waals surface area contributed by atoms with E-state index in [-0.39, 0.29) is 6.10 Å². The number of hydrogen-bond acceptors (Lipinski definition) is 4. The highest BCUT2D eigenvalue weighted by molar-refractivity contribution is 8.14. The molecule has 0 aliphatic carbocycles. The number of hydrogen-bond donors (Lipinski definition) is 1. The molecule has 1 aliphatic rings. The lowest BCUT2D eigenvalue weighted by molar-refractivity contribution is 0.243. The number of halogens is 2. The molecule has 0 bridgehead atoms. The van der Waals surface area contributed by atoms with E-state index < -0.39 is 0 Å². The molecule has 98 valence electrons. The lowest BCUT2D eigenvalue weighted by Crippen LogP contribution is -2.08. The van der Waals surface area contributed by atoms with Crippen molar-refractivity contribution in [1.29, 1.82) is 0 Å². The van der Waals surface area contributed by atoms with Crippen molar-refractivity contribution >= 4 is 45.8 Å². The number of rotatable bonds is 3. The van der Waals surface area contributed by atoms with E-state index >= 15 is 0 Å². The van der Waals surface area contributed by atoms with Gasteiger partial charge < -0.3 is 10.1 Å². The summed E-state index contributed by atoms with van der Waals surface area (Å²) >= 11 is 13.9. The minimum Gasteiger partial charge on any atom is -0.489 e. The average Bonchev–Trinajstić information content (AvgIpc) is 2.77. The smallest absolute Gasteiger partial charge is 0.161 e. The Bertz CT molecular complexity index is 477. The molecule has 0 amide bonds. The van der Waals surface area contributed by atoms with Crippen LogP contribution in [0.1, 0.15) is 13.8 Å². The van der Waals surface area contributed by atoms with Crippen LogP contribution in [0.5, 0.6) is 5.75 Å². The van der Waals surface area contributed by atoms with Crippen LogP contribution >= 0.6 is 35.0 Å². The van der Waals surface area contributed by atoms with Crippen molar-refractivity contribution in [2.24, 2.45) is 4.99 Å². The molecule has 0 atom stereocenters. The molecular weight excluding hydrogens is 291 g/mol. The third-order valence-electron chi connectivity index (χ3n) is 2.21. The monoisotopic (exact) mass is 304 g/mol. The van der Waals surface area contributed by atoms with Crippen LogP contribution in [0.3, 0.4) is 0 Å². The molecule has 0 spiro atoms. The van der Waals surface area contributed by atoms with Crippen LogP contribution in [0.2, 0.25) is 10.0 Å². The first-order chi connectivity index (χ1) is 8.56. The summed E-state index contributed by atoms with van der Waals surface area (Å²) < 4.78 is 5.63. The fraction of sp³-hybridized carbons (Fsp3) is 0.417. The van der Waals surface area contributed by atoms with Crippen molar-refractivity contribution in [3.05, 3.63) is 22.2 Å². The van der Waals surface area contributed by atoms with E-state index in [0.29, 0.717) is 15.8 Å². The first kappa shape index (κ1) is 13.8. The number of amidine groups is 1. The molecule has 2 rings (SSSR count). The summed E-state index contributed by atoms with van der Waals surface area (Å²) in [5.41, 5.74) is 0.768. The van der Waals surface area contributed by atoms with Crippen molar-refractivity contribution in [3.8, 4) is 5.75 Å². The highest BCUT2D eigenvalue weighted by atomic mass is 35.5. The Morgan fingerprint density at radius 1 is 1.33 bits per heavy atom. The lowest BCUT2D eigenvalue weighted by Gasteiger charge is -2.14. The number of ether oxygens (including phenoxy) is 1. The Morgan fingerprint density at radius 3 is 2.72 bits per heavy atom. The second-order valence-corrected chi connectivity index (χ2v) is 5.99. The van der Waals surface area contributed by atoms with E-state index in [1.165, 1.54) is 0 Å². The molecule has 1 N–H and O–H groups in total. The molecule has 0 aromatic heterocycles. The summed E-state index contributed by atoms with van der Waals surface area (Å²) in [7, 11) is 0. The summed E-state index contributed by atoms with van der Waals surface area (Å²) in [6.07, 6.45) is 0.0646. The van der Waals surface area contributed by atoms with Gasteiger partial charge in [-0.3, -0.25) is 4.99 Å². The molecule has 6 heteroatoms. The van der Waals surface area contributed by atoms with Crippen LogP contribution in [-0.2, 0) is 0 Å². The second kappa shape index (κ2) is 6.04. The van der Waals surface area contributed by atoms with Gasteiger partial charge in [0.25, 0.3) is 0 Å². The van der Waals surface area contributed by atoms with Crippen LogP contribution in [0.25, 0.3) is 0 Å². The topological polar surface area (TPSA) is 33.6 Å². The van der Waals surface area contributed by atoms with E-state index in [4.69, 9.17) is 27.9 Å². The molecule has 3 nitrogen and oxygen atoms in total. The minimum atomic E-state index is 0.0646. The molecule has 1 aliphatic heterocycles. The van der Waals surface area contributed by atoms with Gasteiger partial charge in [0, 0.05) is 11.8 Å². The molecule has 1 aromatic carbocycles.